The fourth-order valence-electron chi connectivity index (χ4n) is 3.74. The van der Waals surface area contributed by atoms with E-state index in [9.17, 15) is 9.59 Å². The standard InChI is InChI=1S/C27H27N3O3S/c1-4-33-24-17-11-10-16-23(24)30-26(28-22-15-9-8-14-21(22)27(30)32)19(2)29(3)25(31)18-34-20-12-6-5-7-13-20/h5-17,19H,4,18H2,1-3H3. The van der Waals surface area contributed by atoms with Gasteiger partial charge in [-0.05, 0) is 50.2 Å². The first-order chi connectivity index (χ1) is 16.5. The maximum absolute atomic E-state index is 13.7. The molecule has 4 aromatic rings. The molecule has 0 saturated heterocycles. The molecule has 0 saturated carbocycles. The number of rotatable bonds is 8. The van der Waals surface area contributed by atoms with E-state index in [4.69, 9.17) is 9.72 Å². The summed E-state index contributed by atoms with van der Waals surface area (Å²) < 4.78 is 7.39. The lowest BCUT2D eigenvalue weighted by Gasteiger charge is -2.27. The second-order valence-electron chi connectivity index (χ2n) is 7.81. The van der Waals surface area contributed by atoms with Crippen molar-refractivity contribution in [2.45, 2.75) is 24.8 Å². The third-order valence-electron chi connectivity index (χ3n) is 5.66. The van der Waals surface area contributed by atoms with Crippen molar-refractivity contribution < 1.29 is 9.53 Å². The molecule has 1 unspecified atom stereocenters. The third-order valence-corrected chi connectivity index (χ3v) is 6.66. The highest BCUT2D eigenvalue weighted by Crippen LogP contribution is 2.28. The minimum atomic E-state index is -0.448. The van der Waals surface area contributed by atoms with Crippen LogP contribution in [-0.4, -0.2) is 39.8 Å². The van der Waals surface area contributed by atoms with E-state index in [1.54, 1.807) is 22.6 Å². The fraction of sp³-hybridized carbons (Fsp3) is 0.222. The Kier molecular flexibility index (Phi) is 7.33. The number of thioether (sulfide) groups is 1. The summed E-state index contributed by atoms with van der Waals surface area (Å²) in [5, 5.41) is 0.512. The van der Waals surface area contributed by atoms with Gasteiger partial charge in [-0.25, -0.2) is 4.98 Å². The zero-order valence-electron chi connectivity index (χ0n) is 19.5. The summed E-state index contributed by atoms with van der Waals surface area (Å²) in [6, 6.07) is 24.0. The van der Waals surface area contributed by atoms with Crippen molar-refractivity contribution in [3.8, 4) is 11.4 Å². The summed E-state index contributed by atoms with van der Waals surface area (Å²) in [4.78, 5) is 34.3. The van der Waals surface area contributed by atoms with Gasteiger partial charge in [0.25, 0.3) is 5.56 Å². The van der Waals surface area contributed by atoms with E-state index in [0.717, 1.165) is 4.90 Å². The third kappa shape index (κ3) is 4.84. The molecule has 6 nitrogen and oxygen atoms in total. The molecule has 0 aliphatic heterocycles. The summed E-state index contributed by atoms with van der Waals surface area (Å²) in [7, 11) is 1.75. The van der Waals surface area contributed by atoms with Gasteiger partial charge in [-0.15, -0.1) is 11.8 Å². The van der Waals surface area contributed by atoms with E-state index in [1.165, 1.54) is 11.8 Å². The normalized spacial score (nSPS) is 11.9. The summed E-state index contributed by atoms with van der Waals surface area (Å²) in [6.07, 6.45) is 0. The monoisotopic (exact) mass is 473 g/mol. The second-order valence-corrected chi connectivity index (χ2v) is 8.86. The number of hydrogen-bond donors (Lipinski definition) is 0. The summed E-state index contributed by atoms with van der Waals surface area (Å²) >= 11 is 1.48. The number of fused-ring (bicyclic) bond motifs is 1. The largest absolute Gasteiger partial charge is 0.492 e. The molecule has 34 heavy (non-hydrogen) atoms. The van der Waals surface area contributed by atoms with Crippen molar-refractivity contribution in [3.63, 3.8) is 0 Å². The summed E-state index contributed by atoms with van der Waals surface area (Å²) in [6.45, 7) is 4.26. The van der Waals surface area contributed by atoms with Crippen molar-refractivity contribution in [3.05, 3.63) is 95.0 Å². The molecule has 1 heterocycles. The van der Waals surface area contributed by atoms with E-state index in [-0.39, 0.29) is 17.2 Å². The Balaban J connectivity index is 1.76. The van der Waals surface area contributed by atoms with E-state index < -0.39 is 6.04 Å². The molecule has 0 aliphatic carbocycles. The van der Waals surface area contributed by atoms with Crippen LogP contribution in [0.15, 0.2) is 88.6 Å². The highest BCUT2D eigenvalue weighted by molar-refractivity contribution is 8.00. The first-order valence-corrected chi connectivity index (χ1v) is 12.2. The van der Waals surface area contributed by atoms with Crippen molar-refractivity contribution in [2.24, 2.45) is 0 Å². The SMILES string of the molecule is CCOc1ccccc1-n1c(C(C)N(C)C(=O)CSc2ccccc2)nc2ccccc2c1=O. The zero-order valence-corrected chi connectivity index (χ0v) is 20.3. The highest BCUT2D eigenvalue weighted by Gasteiger charge is 2.25. The maximum atomic E-state index is 13.7. The summed E-state index contributed by atoms with van der Waals surface area (Å²) in [5.41, 5.74) is 1.01. The number of aromatic nitrogens is 2. The van der Waals surface area contributed by atoms with Crippen molar-refractivity contribution >= 4 is 28.6 Å². The molecule has 4 rings (SSSR count). The molecule has 0 N–H and O–H groups in total. The molecular weight excluding hydrogens is 446 g/mol. The Morgan fingerprint density at radius 3 is 2.47 bits per heavy atom. The molecule has 0 spiro atoms. The zero-order chi connectivity index (χ0) is 24.1. The molecule has 0 bridgehead atoms. The fourth-order valence-corrected chi connectivity index (χ4v) is 4.58. The lowest BCUT2D eigenvalue weighted by molar-refractivity contribution is -0.129. The molecule has 0 fully saturated rings. The topological polar surface area (TPSA) is 64.4 Å². The molecule has 1 amide bonds. The Bertz CT molecular complexity index is 1350. The number of nitrogens with zero attached hydrogens (tertiary/aromatic N) is 3. The van der Waals surface area contributed by atoms with Gasteiger partial charge in [0.1, 0.15) is 11.6 Å². The predicted octanol–water partition coefficient (Wildman–Crippen LogP) is 5.10. The molecule has 7 heteroatoms. The summed E-state index contributed by atoms with van der Waals surface area (Å²) in [5.74, 6) is 1.31. The molecule has 0 radical (unpaired) electrons. The van der Waals surface area contributed by atoms with Crippen LogP contribution in [-0.2, 0) is 4.79 Å². The first kappa shape index (κ1) is 23.6. The van der Waals surface area contributed by atoms with Gasteiger partial charge in [-0.3, -0.25) is 14.2 Å². The molecule has 3 aromatic carbocycles. The van der Waals surface area contributed by atoms with E-state index in [0.29, 0.717) is 34.8 Å². The van der Waals surface area contributed by atoms with Crippen LogP contribution in [0.5, 0.6) is 5.75 Å². The lowest BCUT2D eigenvalue weighted by Crippen LogP contribution is -2.35. The number of ether oxygens (including phenoxy) is 1. The molecule has 0 aliphatic rings. The number of carbonyl (C=O) groups is 1. The van der Waals surface area contributed by atoms with Gasteiger partial charge in [-0.1, -0.05) is 42.5 Å². The average molecular weight is 474 g/mol. The average Bonchev–Trinajstić information content (AvgIpc) is 2.87. The minimum absolute atomic E-state index is 0.0478. The van der Waals surface area contributed by atoms with Gasteiger partial charge in [-0.2, -0.15) is 0 Å². The van der Waals surface area contributed by atoms with Gasteiger partial charge in [0.15, 0.2) is 0 Å². The second kappa shape index (κ2) is 10.6. The number of hydrogen-bond acceptors (Lipinski definition) is 5. The Morgan fingerprint density at radius 1 is 1.03 bits per heavy atom. The van der Waals surface area contributed by atoms with Crippen molar-refractivity contribution in [1.82, 2.24) is 14.5 Å². The van der Waals surface area contributed by atoms with Crippen molar-refractivity contribution in [1.29, 1.82) is 0 Å². The Labute approximate surface area is 203 Å². The molecule has 174 valence electrons. The Hall–Kier alpha value is -3.58. The number of amides is 1. The van der Waals surface area contributed by atoms with Gasteiger partial charge >= 0.3 is 0 Å². The predicted molar refractivity (Wildman–Crippen MR) is 137 cm³/mol. The van der Waals surface area contributed by atoms with E-state index in [2.05, 4.69) is 0 Å². The van der Waals surface area contributed by atoms with Gasteiger partial charge in [0, 0.05) is 11.9 Å². The molecule has 1 atom stereocenters. The van der Waals surface area contributed by atoms with Crippen LogP contribution >= 0.6 is 11.8 Å². The van der Waals surface area contributed by atoms with E-state index in [1.807, 2.05) is 86.6 Å². The quantitative estimate of drug-likeness (QED) is 0.333. The van der Waals surface area contributed by atoms with Crippen LogP contribution in [0.2, 0.25) is 0 Å². The van der Waals surface area contributed by atoms with Crippen LogP contribution < -0.4 is 10.3 Å². The van der Waals surface area contributed by atoms with Crippen LogP contribution in [0, 0.1) is 0 Å². The van der Waals surface area contributed by atoms with Crippen LogP contribution in [0.4, 0.5) is 0 Å². The first-order valence-electron chi connectivity index (χ1n) is 11.2. The van der Waals surface area contributed by atoms with Crippen LogP contribution in [0.3, 0.4) is 0 Å². The highest BCUT2D eigenvalue weighted by atomic mass is 32.2. The number of para-hydroxylation sites is 3. The van der Waals surface area contributed by atoms with Crippen LogP contribution in [0.1, 0.15) is 25.7 Å². The van der Waals surface area contributed by atoms with Gasteiger partial charge in [0.05, 0.1) is 35.0 Å². The number of carbonyl (C=O) groups excluding carboxylic acids is 1. The maximum Gasteiger partial charge on any atom is 0.266 e. The number of benzene rings is 3. The van der Waals surface area contributed by atoms with Crippen LogP contribution in [0.25, 0.3) is 16.6 Å². The lowest BCUT2D eigenvalue weighted by atomic mass is 10.2. The minimum Gasteiger partial charge on any atom is -0.492 e. The Morgan fingerprint density at radius 2 is 1.71 bits per heavy atom. The molecule has 1 aromatic heterocycles. The molecular formula is C27H27N3O3S. The van der Waals surface area contributed by atoms with Crippen molar-refractivity contribution in [2.75, 3.05) is 19.4 Å². The van der Waals surface area contributed by atoms with Gasteiger partial charge < -0.3 is 9.64 Å². The van der Waals surface area contributed by atoms with E-state index >= 15 is 0 Å². The smallest absolute Gasteiger partial charge is 0.266 e. The van der Waals surface area contributed by atoms with Gasteiger partial charge in [0.2, 0.25) is 5.91 Å².